The second-order valence-electron chi connectivity index (χ2n) is 5.06. The molecule has 0 aromatic heterocycles. The molecule has 0 aromatic rings. The molecular formula is C11H19N3O. The van der Waals surface area contributed by atoms with Crippen molar-refractivity contribution in [3.8, 4) is 0 Å². The molecule has 1 saturated carbocycles. The van der Waals surface area contributed by atoms with Crippen molar-refractivity contribution in [3.05, 3.63) is 10.4 Å². The third-order valence-corrected chi connectivity index (χ3v) is 3.87. The first-order valence-corrected chi connectivity index (χ1v) is 5.93. The molecule has 2 rings (SSSR count). The third kappa shape index (κ3) is 2.44. The summed E-state index contributed by atoms with van der Waals surface area (Å²) in [5, 5.41) is 3.60. The molecule has 2 aliphatic rings. The summed E-state index contributed by atoms with van der Waals surface area (Å²) in [7, 11) is 0. The number of ether oxygens (including phenoxy) is 1. The third-order valence-electron chi connectivity index (χ3n) is 3.87. The first-order chi connectivity index (χ1) is 7.24. The standard InChI is InChI=1S/C11H19N3O/c1-9-2-5-11(6-3-9)7-4-10(15-11)8-13-14-12/h9-10H,2-8H2,1H3. The molecule has 1 unspecified atom stereocenters. The number of hydrogen-bond donors (Lipinski definition) is 0. The zero-order valence-corrected chi connectivity index (χ0v) is 9.35. The van der Waals surface area contributed by atoms with Crippen molar-refractivity contribution >= 4 is 0 Å². The van der Waals surface area contributed by atoms with Crippen molar-refractivity contribution in [1.82, 2.24) is 0 Å². The highest BCUT2D eigenvalue weighted by atomic mass is 16.5. The van der Waals surface area contributed by atoms with Crippen LogP contribution < -0.4 is 0 Å². The average molecular weight is 209 g/mol. The molecule has 1 saturated heterocycles. The van der Waals surface area contributed by atoms with Gasteiger partial charge in [0.15, 0.2) is 0 Å². The molecule has 1 heterocycles. The predicted molar refractivity (Wildman–Crippen MR) is 58.5 cm³/mol. The molecule has 0 N–H and O–H groups in total. The lowest BCUT2D eigenvalue weighted by atomic mass is 9.78. The second-order valence-corrected chi connectivity index (χ2v) is 5.06. The van der Waals surface area contributed by atoms with Crippen LogP contribution in [0.25, 0.3) is 10.4 Å². The molecule has 0 amide bonds. The van der Waals surface area contributed by atoms with Crippen LogP contribution in [0.5, 0.6) is 0 Å². The molecule has 2 fully saturated rings. The molecule has 0 aromatic carbocycles. The maximum Gasteiger partial charge on any atom is 0.0687 e. The van der Waals surface area contributed by atoms with Crippen LogP contribution in [0.1, 0.15) is 45.4 Å². The Morgan fingerprint density at radius 3 is 2.67 bits per heavy atom. The SMILES string of the molecule is CC1CCC2(CC1)CCC(CN=[N+]=[N-])O2. The van der Waals surface area contributed by atoms with E-state index in [-0.39, 0.29) is 11.7 Å². The second kappa shape index (κ2) is 4.42. The van der Waals surface area contributed by atoms with E-state index in [1.165, 1.54) is 25.7 Å². The molecule has 0 radical (unpaired) electrons. The average Bonchev–Trinajstić information content (AvgIpc) is 2.64. The van der Waals surface area contributed by atoms with Crippen LogP contribution >= 0.6 is 0 Å². The minimum Gasteiger partial charge on any atom is -0.372 e. The van der Waals surface area contributed by atoms with Gasteiger partial charge in [0.1, 0.15) is 0 Å². The molecule has 1 aliphatic heterocycles. The number of nitrogens with zero attached hydrogens (tertiary/aromatic N) is 3. The minimum atomic E-state index is 0.141. The van der Waals surface area contributed by atoms with Gasteiger partial charge in [-0.3, -0.25) is 0 Å². The molecule has 1 spiro atoms. The van der Waals surface area contributed by atoms with E-state index in [1.807, 2.05) is 0 Å². The topological polar surface area (TPSA) is 58.0 Å². The zero-order chi connectivity index (χ0) is 10.7. The van der Waals surface area contributed by atoms with Gasteiger partial charge in [-0.1, -0.05) is 12.0 Å². The summed E-state index contributed by atoms with van der Waals surface area (Å²) in [6.45, 7) is 2.83. The van der Waals surface area contributed by atoms with E-state index in [2.05, 4.69) is 16.9 Å². The number of hydrogen-bond acceptors (Lipinski definition) is 2. The van der Waals surface area contributed by atoms with Gasteiger partial charge in [0.05, 0.1) is 18.2 Å². The van der Waals surface area contributed by atoms with Crippen LogP contribution in [0.15, 0.2) is 5.11 Å². The van der Waals surface area contributed by atoms with Gasteiger partial charge in [-0.05, 0) is 50.0 Å². The molecule has 4 heteroatoms. The Balaban J connectivity index is 1.88. The van der Waals surface area contributed by atoms with Crippen molar-refractivity contribution in [3.63, 3.8) is 0 Å². The Kier molecular flexibility index (Phi) is 3.17. The van der Waals surface area contributed by atoms with Crippen molar-refractivity contribution in [2.75, 3.05) is 6.54 Å². The van der Waals surface area contributed by atoms with Gasteiger partial charge in [0, 0.05) is 4.91 Å². The van der Waals surface area contributed by atoms with E-state index in [1.54, 1.807) is 0 Å². The van der Waals surface area contributed by atoms with Crippen molar-refractivity contribution in [2.45, 2.75) is 57.2 Å². The largest absolute Gasteiger partial charge is 0.372 e. The van der Waals surface area contributed by atoms with Gasteiger partial charge in [0.25, 0.3) is 0 Å². The molecular weight excluding hydrogens is 190 g/mol. The van der Waals surface area contributed by atoms with Crippen LogP contribution in [0.2, 0.25) is 0 Å². The van der Waals surface area contributed by atoms with Gasteiger partial charge >= 0.3 is 0 Å². The summed E-state index contributed by atoms with van der Waals surface area (Å²) < 4.78 is 6.08. The van der Waals surface area contributed by atoms with E-state index in [0.29, 0.717) is 6.54 Å². The monoisotopic (exact) mass is 209 g/mol. The maximum atomic E-state index is 8.27. The van der Waals surface area contributed by atoms with Crippen LogP contribution in [-0.2, 0) is 4.74 Å². The summed E-state index contributed by atoms with van der Waals surface area (Å²) in [5.74, 6) is 0.857. The smallest absolute Gasteiger partial charge is 0.0687 e. The van der Waals surface area contributed by atoms with Crippen LogP contribution in [0.3, 0.4) is 0 Å². The highest BCUT2D eigenvalue weighted by molar-refractivity contribution is 4.92. The Morgan fingerprint density at radius 1 is 1.33 bits per heavy atom. The lowest BCUT2D eigenvalue weighted by Crippen LogP contribution is -2.34. The van der Waals surface area contributed by atoms with Crippen molar-refractivity contribution in [1.29, 1.82) is 0 Å². The lowest BCUT2D eigenvalue weighted by Gasteiger charge is -2.36. The zero-order valence-electron chi connectivity index (χ0n) is 9.35. The Hall–Kier alpha value is -0.730. The quantitative estimate of drug-likeness (QED) is 0.390. The van der Waals surface area contributed by atoms with E-state index in [0.717, 1.165) is 18.8 Å². The fourth-order valence-electron chi connectivity index (χ4n) is 2.81. The van der Waals surface area contributed by atoms with Crippen LogP contribution in [-0.4, -0.2) is 18.2 Å². The molecule has 1 atom stereocenters. The fourth-order valence-corrected chi connectivity index (χ4v) is 2.81. The fraction of sp³-hybridized carbons (Fsp3) is 1.00. The van der Waals surface area contributed by atoms with Crippen LogP contribution in [0.4, 0.5) is 0 Å². The van der Waals surface area contributed by atoms with Gasteiger partial charge in [0.2, 0.25) is 0 Å². The number of azide groups is 1. The highest BCUT2D eigenvalue weighted by Crippen LogP contribution is 2.43. The predicted octanol–water partition coefficient (Wildman–Crippen LogP) is 3.42. The van der Waals surface area contributed by atoms with Crippen molar-refractivity contribution in [2.24, 2.45) is 11.0 Å². The van der Waals surface area contributed by atoms with Crippen LogP contribution in [0, 0.1) is 5.92 Å². The molecule has 0 bridgehead atoms. The summed E-state index contributed by atoms with van der Waals surface area (Å²) in [5.41, 5.74) is 8.41. The summed E-state index contributed by atoms with van der Waals surface area (Å²) in [6, 6.07) is 0. The molecule has 1 aliphatic carbocycles. The first kappa shape index (κ1) is 10.8. The minimum absolute atomic E-state index is 0.141. The number of rotatable bonds is 2. The Morgan fingerprint density at radius 2 is 2.00 bits per heavy atom. The van der Waals surface area contributed by atoms with Gasteiger partial charge in [-0.25, -0.2) is 0 Å². The summed E-state index contributed by atoms with van der Waals surface area (Å²) >= 11 is 0. The van der Waals surface area contributed by atoms with E-state index < -0.39 is 0 Å². The van der Waals surface area contributed by atoms with Gasteiger partial charge < -0.3 is 4.74 Å². The maximum absolute atomic E-state index is 8.27. The van der Waals surface area contributed by atoms with Crippen molar-refractivity contribution < 1.29 is 4.74 Å². The van der Waals surface area contributed by atoms with Gasteiger partial charge in [-0.15, -0.1) is 0 Å². The highest BCUT2D eigenvalue weighted by Gasteiger charge is 2.41. The Bertz CT molecular complexity index is 265. The van der Waals surface area contributed by atoms with Gasteiger partial charge in [-0.2, -0.15) is 0 Å². The molecule has 4 nitrogen and oxygen atoms in total. The van der Waals surface area contributed by atoms with E-state index in [4.69, 9.17) is 10.3 Å². The normalized spacial score (nSPS) is 40.3. The lowest BCUT2D eigenvalue weighted by molar-refractivity contribution is -0.0666. The molecule has 84 valence electrons. The van der Waals surface area contributed by atoms with E-state index >= 15 is 0 Å². The molecule has 15 heavy (non-hydrogen) atoms. The van der Waals surface area contributed by atoms with E-state index in [9.17, 15) is 0 Å². The summed E-state index contributed by atoms with van der Waals surface area (Å²) in [6.07, 6.45) is 7.36. The first-order valence-electron chi connectivity index (χ1n) is 5.93. The summed E-state index contributed by atoms with van der Waals surface area (Å²) in [4.78, 5) is 2.79. The Labute approximate surface area is 90.6 Å².